The fraction of sp³-hybridized carbons (Fsp3) is 0.778. The molecule has 13 heavy (non-hydrogen) atoms. The van der Waals surface area contributed by atoms with Crippen LogP contribution in [0.25, 0.3) is 0 Å². The van der Waals surface area contributed by atoms with Gasteiger partial charge in [-0.3, -0.25) is 9.59 Å². The first-order chi connectivity index (χ1) is 6.02. The van der Waals surface area contributed by atoms with Gasteiger partial charge in [-0.15, -0.1) is 0 Å². The Labute approximate surface area is 78.5 Å². The van der Waals surface area contributed by atoms with Crippen molar-refractivity contribution in [2.24, 2.45) is 5.73 Å². The van der Waals surface area contributed by atoms with Gasteiger partial charge in [0.05, 0.1) is 6.42 Å². The van der Waals surface area contributed by atoms with Crippen molar-refractivity contribution in [2.45, 2.75) is 46.3 Å². The number of carbonyl (C=O) groups is 2. The van der Waals surface area contributed by atoms with E-state index in [2.05, 4.69) is 0 Å². The third-order valence-corrected chi connectivity index (χ3v) is 1.15. The Kier molecular flexibility index (Phi) is 10.6. The van der Waals surface area contributed by atoms with E-state index in [9.17, 15) is 14.0 Å². The van der Waals surface area contributed by atoms with Gasteiger partial charge in [0.25, 0.3) is 0 Å². The summed E-state index contributed by atoms with van der Waals surface area (Å²) >= 11 is 0. The number of Topliss-reactive ketones (excluding diaryl/α,β-unsaturated/α-hetero) is 2. The summed E-state index contributed by atoms with van der Waals surface area (Å²) in [4.78, 5) is 21.1. The minimum atomic E-state index is -1.45. The molecule has 0 spiro atoms. The van der Waals surface area contributed by atoms with E-state index in [4.69, 9.17) is 5.73 Å². The van der Waals surface area contributed by atoms with Crippen molar-refractivity contribution in [1.29, 1.82) is 0 Å². The van der Waals surface area contributed by atoms with E-state index in [1.165, 1.54) is 6.92 Å². The molecule has 1 atom stereocenters. The van der Waals surface area contributed by atoms with Crippen LogP contribution in [-0.2, 0) is 9.59 Å². The standard InChI is InChI=1S/C7H12FNO2.C2H6/c1-5(10)4-6(11)2-3-7(8)9;1-2/h7H,2-4,9H2,1H3;1-2H3. The lowest BCUT2D eigenvalue weighted by atomic mass is 10.1. The lowest BCUT2D eigenvalue weighted by Gasteiger charge is -1.98. The predicted molar refractivity (Wildman–Crippen MR) is 50.0 cm³/mol. The Balaban J connectivity index is 0. The van der Waals surface area contributed by atoms with Crippen molar-refractivity contribution >= 4 is 11.6 Å². The molecule has 0 rings (SSSR count). The second-order valence-electron chi connectivity index (χ2n) is 2.47. The van der Waals surface area contributed by atoms with Crippen LogP contribution >= 0.6 is 0 Å². The van der Waals surface area contributed by atoms with Gasteiger partial charge in [-0.25, -0.2) is 4.39 Å². The molecule has 0 aliphatic heterocycles. The lowest BCUT2D eigenvalue weighted by molar-refractivity contribution is -0.126. The van der Waals surface area contributed by atoms with Crippen LogP contribution in [-0.4, -0.2) is 17.9 Å². The van der Waals surface area contributed by atoms with Crippen LogP contribution in [0.1, 0.15) is 40.0 Å². The van der Waals surface area contributed by atoms with Gasteiger partial charge in [0.1, 0.15) is 17.9 Å². The quantitative estimate of drug-likeness (QED) is 0.530. The van der Waals surface area contributed by atoms with Crippen molar-refractivity contribution < 1.29 is 14.0 Å². The van der Waals surface area contributed by atoms with Gasteiger partial charge in [0.2, 0.25) is 0 Å². The summed E-state index contributed by atoms with van der Waals surface area (Å²) < 4.78 is 11.9. The molecule has 0 radical (unpaired) electrons. The Morgan fingerprint density at radius 3 is 2.15 bits per heavy atom. The number of halogens is 1. The number of ketones is 2. The second-order valence-corrected chi connectivity index (χ2v) is 2.47. The number of hydrogen-bond acceptors (Lipinski definition) is 3. The van der Waals surface area contributed by atoms with Crippen molar-refractivity contribution in [1.82, 2.24) is 0 Å². The number of carbonyl (C=O) groups excluding carboxylic acids is 2. The molecule has 78 valence electrons. The number of hydrogen-bond donors (Lipinski definition) is 1. The zero-order valence-electron chi connectivity index (χ0n) is 8.47. The summed E-state index contributed by atoms with van der Waals surface area (Å²) in [5, 5.41) is 0. The van der Waals surface area contributed by atoms with Gasteiger partial charge in [-0.05, 0) is 13.3 Å². The zero-order chi connectivity index (χ0) is 10.9. The van der Waals surface area contributed by atoms with Gasteiger partial charge < -0.3 is 5.73 Å². The molecule has 0 saturated carbocycles. The summed E-state index contributed by atoms with van der Waals surface area (Å²) in [5.74, 6) is -0.437. The molecule has 0 aromatic rings. The molecule has 0 aromatic carbocycles. The first kappa shape index (κ1) is 14.7. The first-order valence-corrected chi connectivity index (χ1v) is 4.43. The van der Waals surface area contributed by atoms with Gasteiger partial charge in [-0.1, -0.05) is 13.8 Å². The average Bonchev–Trinajstić information content (AvgIpc) is 2.03. The molecule has 1 unspecified atom stereocenters. The topological polar surface area (TPSA) is 60.2 Å². The van der Waals surface area contributed by atoms with Gasteiger partial charge in [-0.2, -0.15) is 0 Å². The van der Waals surface area contributed by atoms with Crippen molar-refractivity contribution in [3.63, 3.8) is 0 Å². The van der Waals surface area contributed by atoms with E-state index in [0.717, 1.165) is 0 Å². The number of alkyl halides is 1. The largest absolute Gasteiger partial charge is 0.302 e. The molecular formula is C9H18FNO2. The highest BCUT2D eigenvalue weighted by Gasteiger charge is 2.07. The fourth-order valence-electron chi connectivity index (χ4n) is 0.665. The monoisotopic (exact) mass is 191 g/mol. The van der Waals surface area contributed by atoms with E-state index >= 15 is 0 Å². The van der Waals surface area contributed by atoms with E-state index in [0.29, 0.717) is 0 Å². The van der Waals surface area contributed by atoms with Crippen LogP contribution in [0.3, 0.4) is 0 Å². The lowest BCUT2D eigenvalue weighted by Crippen LogP contribution is -2.15. The van der Waals surface area contributed by atoms with Crippen LogP contribution in [0.15, 0.2) is 0 Å². The second kappa shape index (κ2) is 9.32. The van der Waals surface area contributed by atoms with Crippen LogP contribution in [0.2, 0.25) is 0 Å². The molecule has 0 heterocycles. The predicted octanol–water partition coefficient (Wildman–Crippen LogP) is 1.60. The van der Waals surface area contributed by atoms with Gasteiger partial charge in [0, 0.05) is 6.42 Å². The highest BCUT2D eigenvalue weighted by atomic mass is 19.1. The molecule has 4 heteroatoms. The Bertz CT molecular complexity index is 158. The van der Waals surface area contributed by atoms with E-state index in [1.54, 1.807) is 0 Å². The smallest absolute Gasteiger partial charge is 0.149 e. The maximum atomic E-state index is 11.9. The number of nitrogens with two attached hydrogens (primary N) is 1. The summed E-state index contributed by atoms with van der Waals surface area (Å²) in [7, 11) is 0. The molecule has 0 bridgehead atoms. The summed E-state index contributed by atoms with van der Waals surface area (Å²) in [5.41, 5.74) is 4.77. The Hall–Kier alpha value is -0.770. The average molecular weight is 191 g/mol. The van der Waals surface area contributed by atoms with E-state index in [-0.39, 0.29) is 30.8 Å². The normalized spacial score (nSPS) is 11.2. The molecule has 3 nitrogen and oxygen atoms in total. The molecular weight excluding hydrogens is 173 g/mol. The van der Waals surface area contributed by atoms with Crippen LogP contribution in [0.4, 0.5) is 4.39 Å². The van der Waals surface area contributed by atoms with Gasteiger partial charge in [0.15, 0.2) is 0 Å². The SMILES string of the molecule is CC.CC(=O)CC(=O)CCC(N)F. The van der Waals surface area contributed by atoms with Crippen LogP contribution in [0.5, 0.6) is 0 Å². The maximum Gasteiger partial charge on any atom is 0.149 e. The first-order valence-electron chi connectivity index (χ1n) is 4.43. The van der Waals surface area contributed by atoms with Crippen molar-refractivity contribution in [3.05, 3.63) is 0 Å². The molecule has 0 aliphatic rings. The van der Waals surface area contributed by atoms with Gasteiger partial charge >= 0.3 is 0 Å². The van der Waals surface area contributed by atoms with Crippen LogP contribution < -0.4 is 5.73 Å². The third kappa shape index (κ3) is 14.1. The summed E-state index contributed by atoms with van der Waals surface area (Å²) in [6.07, 6.45) is -1.50. The summed E-state index contributed by atoms with van der Waals surface area (Å²) in [6, 6.07) is 0. The highest BCUT2D eigenvalue weighted by Crippen LogP contribution is 1.99. The van der Waals surface area contributed by atoms with Crippen molar-refractivity contribution in [3.8, 4) is 0 Å². The minimum absolute atomic E-state index is 0.00606. The summed E-state index contributed by atoms with van der Waals surface area (Å²) in [6.45, 7) is 5.33. The molecule has 0 saturated heterocycles. The minimum Gasteiger partial charge on any atom is -0.302 e. The maximum absolute atomic E-state index is 11.9. The van der Waals surface area contributed by atoms with E-state index in [1.807, 2.05) is 13.8 Å². The van der Waals surface area contributed by atoms with E-state index < -0.39 is 6.30 Å². The third-order valence-electron chi connectivity index (χ3n) is 1.15. The zero-order valence-corrected chi connectivity index (χ0v) is 8.47. The molecule has 0 aliphatic carbocycles. The van der Waals surface area contributed by atoms with Crippen LogP contribution in [0, 0.1) is 0 Å². The molecule has 0 aromatic heterocycles. The fourth-order valence-corrected chi connectivity index (χ4v) is 0.665. The Morgan fingerprint density at radius 1 is 1.38 bits per heavy atom. The van der Waals surface area contributed by atoms with Crippen molar-refractivity contribution in [2.75, 3.05) is 0 Å². The highest BCUT2D eigenvalue weighted by molar-refractivity contribution is 5.97. The molecule has 2 N–H and O–H groups in total. The Morgan fingerprint density at radius 2 is 1.85 bits per heavy atom. The number of rotatable bonds is 5. The molecule has 0 fully saturated rings. The molecule has 0 amide bonds.